The van der Waals surface area contributed by atoms with E-state index in [-0.39, 0.29) is 17.9 Å². The zero-order valence-electron chi connectivity index (χ0n) is 8.23. The molecule has 1 aromatic rings. The number of terminal acetylenes is 1. The molecule has 0 aliphatic rings. The normalized spacial score (nSPS) is 10.0. The van der Waals surface area contributed by atoms with Crippen LogP contribution in [0.15, 0.2) is 18.2 Å². The van der Waals surface area contributed by atoms with Gasteiger partial charge in [0.25, 0.3) is 5.69 Å². The number of nitro benzene ring substituents is 1. The van der Waals surface area contributed by atoms with Gasteiger partial charge in [-0.15, -0.1) is 6.42 Å². The van der Waals surface area contributed by atoms with Crippen LogP contribution in [-0.2, 0) is 0 Å². The van der Waals surface area contributed by atoms with Crippen LogP contribution in [0.3, 0.4) is 0 Å². The maximum absolute atomic E-state index is 10.8. The molecule has 4 heteroatoms. The predicted octanol–water partition coefficient (Wildman–Crippen LogP) is 1.51. The number of aliphatic hydroxyl groups is 1. The molecular formula is C11H10NO3. The summed E-state index contributed by atoms with van der Waals surface area (Å²) in [5, 5.41) is 19.8. The van der Waals surface area contributed by atoms with Crippen molar-refractivity contribution in [1.29, 1.82) is 0 Å². The van der Waals surface area contributed by atoms with Gasteiger partial charge in [-0.2, -0.15) is 0 Å². The van der Waals surface area contributed by atoms with Crippen molar-refractivity contribution >= 4 is 5.69 Å². The van der Waals surface area contributed by atoms with Gasteiger partial charge in [0.2, 0.25) is 0 Å². The molecular weight excluding hydrogens is 194 g/mol. The maximum Gasteiger partial charge on any atom is 0.288 e. The summed E-state index contributed by atoms with van der Waals surface area (Å²) in [6.45, 7) is 1.40. The van der Waals surface area contributed by atoms with Crippen molar-refractivity contribution in [3.63, 3.8) is 0 Å². The van der Waals surface area contributed by atoms with Crippen molar-refractivity contribution in [3.8, 4) is 12.3 Å². The number of para-hydroxylation sites is 1. The third kappa shape index (κ3) is 2.14. The number of aliphatic hydroxyl groups excluding tert-OH is 1. The molecule has 4 nitrogen and oxygen atoms in total. The molecule has 1 N–H and O–H groups in total. The van der Waals surface area contributed by atoms with Crippen LogP contribution in [0.5, 0.6) is 0 Å². The van der Waals surface area contributed by atoms with Gasteiger partial charge in [0.05, 0.1) is 11.5 Å². The highest BCUT2D eigenvalue weighted by atomic mass is 16.6. The number of benzene rings is 1. The monoisotopic (exact) mass is 204 g/mol. The summed E-state index contributed by atoms with van der Waals surface area (Å²) in [5.41, 5.74) is 0.495. The third-order valence-corrected chi connectivity index (χ3v) is 2.07. The molecule has 0 heterocycles. The highest BCUT2D eigenvalue weighted by Gasteiger charge is 2.22. The standard InChI is InChI=1S/C11H10NO3/c1-3-9-5-4-6-10(8(2)7-13)11(9)12(14)15/h1,4-6,13H,7H2,2H3. The first kappa shape index (κ1) is 11.2. The van der Waals surface area contributed by atoms with E-state index in [0.29, 0.717) is 11.5 Å². The second-order valence-electron chi connectivity index (χ2n) is 3.04. The largest absolute Gasteiger partial charge is 0.395 e. The molecule has 1 radical (unpaired) electrons. The number of hydrogen-bond acceptors (Lipinski definition) is 3. The molecule has 0 saturated carbocycles. The average Bonchev–Trinajstić information content (AvgIpc) is 2.26. The summed E-state index contributed by atoms with van der Waals surface area (Å²) >= 11 is 0. The Balaban J connectivity index is 3.40. The lowest BCUT2D eigenvalue weighted by Crippen LogP contribution is -2.05. The van der Waals surface area contributed by atoms with Gasteiger partial charge < -0.3 is 5.11 Å². The van der Waals surface area contributed by atoms with E-state index in [1.807, 2.05) is 0 Å². The fourth-order valence-corrected chi connectivity index (χ4v) is 1.29. The molecule has 0 fully saturated rings. The lowest BCUT2D eigenvalue weighted by Gasteiger charge is -2.08. The van der Waals surface area contributed by atoms with Crippen molar-refractivity contribution in [2.45, 2.75) is 6.92 Å². The Morgan fingerprint density at radius 2 is 2.33 bits per heavy atom. The van der Waals surface area contributed by atoms with Crippen molar-refractivity contribution in [3.05, 3.63) is 45.4 Å². The van der Waals surface area contributed by atoms with Crippen LogP contribution in [0.4, 0.5) is 5.69 Å². The molecule has 0 aliphatic carbocycles. The molecule has 0 aliphatic heterocycles. The van der Waals surface area contributed by atoms with E-state index in [4.69, 9.17) is 11.5 Å². The zero-order valence-corrected chi connectivity index (χ0v) is 8.23. The summed E-state index contributed by atoms with van der Waals surface area (Å²) < 4.78 is 0. The molecule has 0 saturated heterocycles. The molecule has 0 spiro atoms. The van der Waals surface area contributed by atoms with Crippen LogP contribution >= 0.6 is 0 Å². The quantitative estimate of drug-likeness (QED) is 0.461. The summed E-state index contributed by atoms with van der Waals surface area (Å²) in [6.07, 6.45) is 5.17. The van der Waals surface area contributed by atoms with Gasteiger partial charge in [0, 0.05) is 11.5 Å². The Labute approximate surface area is 87.7 Å². The Hall–Kier alpha value is -1.86. The molecule has 0 atom stereocenters. The first-order valence-corrected chi connectivity index (χ1v) is 4.29. The second kappa shape index (κ2) is 4.58. The van der Waals surface area contributed by atoms with Crippen LogP contribution in [0.1, 0.15) is 18.1 Å². The van der Waals surface area contributed by atoms with Gasteiger partial charge in [0.15, 0.2) is 0 Å². The van der Waals surface area contributed by atoms with E-state index >= 15 is 0 Å². The summed E-state index contributed by atoms with van der Waals surface area (Å²) in [7, 11) is 0. The van der Waals surface area contributed by atoms with Crippen LogP contribution in [0.2, 0.25) is 0 Å². The zero-order chi connectivity index (χ0) is 11.4. The topological polar surface area (TPSA) is 63.4 Å². The van der Waals surface area contributed by atoms with Crippen molar-refractivity contribution in [1.82, 2.24) is 0 Å². The maximum atomic E-state index is 10.8. The molecule has 0 aromatic heterocycles. The Bertz CT molecular complexity index is 420. The summed E-state index contributed by atoms with van der Waals surface area (Å²) in [5.74, 6) is 2.79. The van der Waals surface area contributed by atoms with Crippen molar-refractivity contribution in [2.24, 2.45) is 0 Å². The van der Waals surface area contributed by atoms with Gasteiger partial charge in [-0.25, -0.2) is 0 Å². The van der Waals surface area contributed by atoms with E-state index < -0.39 is 4.92 Å². The van der Waals surface area contributed by atoms with Crippen LogP contribution in [0, 0.1) is 28.4 Å². The minimum absolute atomic E-state index is 0.119. The summed E-state index contributed by atoms with van der Waals surface area (Å²) in [4.78, 5) is 10.3. The number of hydrogen-bond donors (Lipinski definition) is 1. The lowest BCUT2D eigenvalue weighted by atomic mass is 9.97. The van der Waals surface area contributed by atoms with E-state index in [2.05, 4.69) is 5.92 Å². The molecule has 0 amide bonds. The minimum Gasteiger partial charge on any atom is -0.395 e. The second-order valence-corrected chi connectivity index (χ2v) is 3.04. The van der Waals surface area contributed by atoms with E-state index in [1.54, 1.807) is 19.1 Å². The summed E-state index contributed by atoms with van der Waals surface area (Å²) in [6, 6.07) is 4.72. The van der Waals surface area contributed by atoms with Gasteiger partial charge in [-0.1, -0.05) is 25.0 Å². The van der Waals surface area contributed by atoms with Crippen LogP contribution < -0.4 is 0 Å². The van der Waals surface area contributed by atoms with Crippen molar-refractivity contribution < 1.29 is 10.0 Å². The Morgan fingerprint density at radius 3 is 2.80 bits per heavy atom. The van der Waals surface area contributed by atoms with E-state index in [1.165, 1.54) is 6.07 Å². The molecule has 1 aromatic carbocycles. The van der Waals surface area contributed by atoms with Gasteiger partial charge in [-0.3, -0.25) is 10.1 Å². The molecule has 0 bridgehead atoms. The van der Waals surface area contributed by atoms with Gasteiger partial charge >= 0.3 is 0 Å². The average molecular weight is 204 g/mol. The van der Waals surface area contributed by atoms with Crippen LogP contribution in [-0.4, -0.2) is 16.6 Å². The first-order valence-electron chi connectivity index (χ1n) is 4.29. The Kier molecular flexibility index (Phi) is 3.42. The van der Waals surface area contributed by atoms with E-state index in [9.17, 15) is 10.1 Å². The minimum atomic E-state index is -0.524. The van der Waals surface area contributed by atoms with Gasteiger partial charge in [0.1, 0.15) is 5.56 Å². The Morgan fingerprint density at radius 1 is 1.67 bits per heavy atom. The highest BCUT2D eigenvalue weighted by Crippen LogP contribution is 2.28. The van der Waals surface area contributed by atoms with Crippen molar-refractivity contribution in [2.75, 3.05) is 6.61 Å². The predicted molar refractivity (Wildman–Crippen MR) is 56.1 cm³/mol. The number of nitro groups is 1. The molecule has 1 rings (SSSR count). The fourth-order valence-electron chi connectivity index (χ4n) is 1.29. The molecule has 15 heavy (non-hydrogen) atoms. The fraction of sp³-hybridized carbons (Fsp3) is 0.182. The SMILES string of the molecule is C#Cc1cccc([C](C)CO)c1[N+](=O)[O-]. The lowest BCUT2D eigenvalue weighted by molar-refractivity contribution is -0.385. The molecule has 0 unspecified atom stereocenters. The third-order valence-electron chi connectivity index (χ3n) is 2.07. The van der Waals surface area contributed by atoms with Gasteiger partial charge in [-0.05, 0) is 6.07 Å². The smallest absolute Gasteiger partial charge is 0.288 e. The highest BCUT2D eigenvalue weighted by molar-refractivity contribution is 5.59. The number of rotatable bonds is 3. The number of nitrogens with zero attached hydrogens (tertiary/aromatic N) is 1. The first-order chi connectivity index (χ1) is 7.11. The molecule has 77 valence electrons. The van der Waals surface area contributed by atoms with E-state index in [0.717, 1.165) is 0 Å². The van der Waals surface area contributed by atoms with Crippen LogP contribution in [0.25, 0.3) is 0 Å².